The first-order valence-electron chi connectivity index (χ1n) is 6.52. The van der Waals surface area contributed by atoms with Crippen molar-refractivity contribution in [2.45, 2.75) is 0 Å². The van der Waals surface area contributed by atoms with Crippen LogP contribution in [0.3, 0.4) is 0 Å². The first kappa shape index (κ1) is 12.3. The van der Waals surface area contributed by atoms with Gasteiger partial charge in [-0.1, -0.05) is 42.5 Å². The van der Waals surface area contributed by atoms with Crippen LogP contribution in [0, 0.1) is 0 Å². The molecule has 0 radical (unpaired) electrons. The molecule has 0 fully saturated rings. The average Bonchev–Trinajstić information content (AvgIpc) is 2.52. The minimum Gasteiger partial charge on any atom is -0.257 e. The molecule has 0 unspecified atom stereocenters. The van der Waals surface area contributed by atoms with Crippen molar-refractivity contribution in [1.82, 2.24) is 9.97 Å². The van der Waals surface area contributed by atoms with Gasteiger partial charge in [0.05, 0.1) is 11.2 Å². The first-order chi connectivity index (χ1) is 9.92. The first-order valence-corrected chi connectivity index (χ1v) is 6.52. The predicted octanol–water partition coefficient (Wildman–Crippen LogP) is 4.36. The summed E-state index contributed by atoms with van der Waals surface area (Å²) in [6.07, 6.45) is 11.7. The molecule has 3 rings (SSSR count). The molecular weight excluding hydrogens is 244 g/mol. The Labute approximate surface area is 118 Å². The van der Waals surface area contributed by atoms with Gasteiger partial charge in [-0.2, -0.15) is 0 Å². The van der Waals surface area contributed by atoms with Crippen LogP contribution in [0.2, 0.25) is 0 Å². The van der Waals surface area contributed by atoms with Crippen molar-refractivity contribution < 1.29 is 0 Å². The Morgan fingerprint density at radius 3 is 2.55 bits per heavy atom. The van der Waals surface area contributed by atoms with Gasteiger partial charge in [-0.25, -0.2) is 0 Å². The zero-order chi connectivity index (χ0) is 13.6. The maximum absolute atomic E-state index is 4.43. The molecule has 2 heterocycles. The number of benzene rings is 1. The fourth-order valence-corrected chi connectivity index (χ4v) is 1.97. The van der Waals surface area contributed by atoms with Gasteiger partial charge in [0, 0.05) is 17.8 Å². The van der Waals surface area contributed by atoms with Gasteiger partial charge in [0.2, 0.25) is 0 Å². The third-order valence-electron chi connectivity index (χ3n) is 2.97. The van der Waals surface area contributed by atoms with Crippen LogP contribution in [0.4, 0.5) is 0 Å². The lowest BCUT2D eigenvalue weighted by molar-refractivity contribution is 1.30. The van der Waals surface area contributed by atoms with Gasteiger partial charge in [0.1, 0.15) is 0 Å². The molecule has 0 N–H and O–H groups in total. The van der Waals surface area contributed by atoms with Crippen LogP contribution < -0.4 is 0 Å². The summed E-state index contributed by atoms with van der Waals surface area (Å²) in [5, 5.41) is 1.16. The van der Waals surface area contributed by atoms with Crippen molar-refractivity contribution >= 4 is 23.1 Å². The van der Waals surface area contributed by atoms with E-state index in [1.54, 1.807) is 6.20 Å². The Bertz CT molecular complexity index is 758. The summed E-state index contributed by atoms with van der Waals surface area (Å²) in [6, 6.07) is 16.1. The molecule has 0 spiro atoms. The Kier molecular flexibility index (Phi) is 3.65. The summed E-state index contributed by atoms with van der Waals surface area (Å²) in [7, 11) is 0. The molecular formula is C18H14N2. The van der Waals surface area contributed by atoms with Gasteiger partial charge in [-0.3, -0.25) is 9.97 Å². The Morgan fingerprint density at radius 2 is 1.65 bits per heavy atom. The molecule has 3 aromatic rings. The molecule has 2 aromatic heterocycles. The molecule has 0 aliphatic carbocycles. The van der Waals surface area contributed by atoms with E-state index < -0.39 is 0 Å². The maximum Gasteiger partial charge on any atom is 0.0702 e. The number of rotatable bonds is 3. The summed E-state index contributed by atoms with van der Waals surface area (Å²) < 4.78 is 0. The molecule has 0 bridgehead atoms. The highest BCUT2D eigenvalue weighted by Gasteiger charge is 1.93. The van der Waals surface area contributed by atoms with Gasteiger partial charge < -0.3 is 0 Å². The van der Waals surface area contributed by atoms with Crippen LogP contribution in [0.25, 0.3) is 23.1 Å². The van der Waals surface area contributed by atoms with Gasteiger partial charge in [0.25, 0.3) is 0 Å². The van der Waals surface area contributed by atoms with Gasteiger partial charge in [0.15, 0.2) is 0 Å². The third-order valence-corrected chi connectivity index (χ3v) is 2.97. The smallest absolute Gasteiger partial charge is 0.0702 e. The standard InChI is InChI=1S/C18H14N2/c1(3-9-17-10-5-6-12-19-17)7-15-13-16-8-2-4-11-18(16)20-14-15/h1-14H/b7-1+,9-3+. The highest BCUT2D eigenvalue weighted by Crippen LogP contribution is 2.13. The van der Waals surface area contributed by atoms with Crippen LogP contribution in [-0.4, -0.2) is 9.97 Å². The number of pyridine rings is 2. The molecule has 1 aromatic carbocycles. The van der Waals surface area contributed by atoms with E-state index in [2.05, 4.69) is 22.1 Å². The molecule has 0 saturated heterocycles. The van der Waals surface area contributed by atoms with E-state index in [1.807, 2.05) is 66.9 Å². The SMILES string of the molecule is C(/C=C/c1ccccn1)=C\c1cnc2ccccc2c1. The number of hydrogen-bond donors (Lipinski definition) is 0. The summed E-state index contributed by atoms with van der Waals surface area (Å²) in [5.74, 6) is 0. The van der Waals surface area contributed by atoms with Crippen LogP contribution in [0.5, 0.6) is 0 Å². The van der Waals surface area contributed by atoms with Gasteiger partial charge in [-0.15, -0.1) is 0 Å². The number of allylic oxidation sites excluding steroid dienone is 2. The van der Waals surface area contributed by atoms with Gasteiger partial charge >= 0.3 is 0 Å². The zero-order valence-corrected chi connectivity index (χ0v) is 11.0. The van der Waals surface area contributed by atoms with E-state index in [4.69, 9.17) is 0 Å². The molecule has 20 heavy (non-hydrogen) atoms. The lowest BCUT2D eigenvalue weighted by Gasteiger charge is -1.97. The second-order valence-electron chi connectivity index (χ2n) is 4.43. The third kappa shape index (κ3) is 2.98. The number of fused-ring (bicyclic) bond motifs is 1. The zero-order valence-electron chi connectivity index (χ0n) is 11.0. The van der Waals surface area contributed by atoms with E-state index in [1.165, 1.54) is 0 Å². The van der Waals surface area contributed by atoms with E-state index in [0.29, 0.717) is 0 Å². The van der Waals surface area contributed by atoms with Crippen LogP contribution in [0.1, 0.15) is 11.3 Å². The highest BCUT2D eigenvalue weighted by atomic mass is 14.7. The summed E-state index contributed by atoms with van der Waals surface area (Å²) >= 11 is 0. The molecule has 0 saturated carbocycles. The fraction of sp³-hybridized carbons (Fsp3) is 0. The van der Waals surface area contributed by atoms with Crippen molar-refractivity contribution in [2.75, 3.05) is 0 Å². The number of aromatic nitrogens is 2. The van der Waals surface area contributed by atoms with Crippen LogP contribution in [-0.2, 0) is 0 Å². The summed E-state index contributed by atoms with van der Waals surface area (Å²) in [5.41, 5.74) is 3.07. The maximum atomic E-state index is 4.43. The monoisotopic (exact) mass is 258 g/mol. The lowest BCUT2D eigenvalue weighted by atomic mass is 10.1. The Hall–Kier alpha value is -2.74. The number of nitrogens with zero attached hydrogens (tertiary/aromatic N) is 2. The Balaban J connectivity index is 1.76. The van der Waals surface area contributed by atoms with Crippen LogP contribution >= 0.6 is 0 Å². The lowest BCUT2D eigenvalue weighted by Crippen LogP contribution is -1.80. The van der Waals surface area contributed by atoms with Crippen LogP contribution in [0.15, 0.2) is 73.1 Å². The Morgan fingerprint density at radius 1 is 0.800 bits per heavy atom. The van der Waals surface area contributed by atoms with E-state index in [-0.39, 0.29) is 0 Å². The molecule has 2 heteroatoms. The van der Waals surface area contributed by atoms with Crippen molar-refractivity contribution in [3.63, 3.8) is 0 Å². The van der Waals surface area contributed by atoms with Crippen molar-refractivity contribution in [3.05, 3.63) is 84.3 Å². The largest absolute Gasteiger partial charge is 0.257 e. The fourth-order valence-electron chi connectivity index (χ4n) is 1.97. The van der Waals surface area contributed by atoms with E-state index in [9.17, 15) is 0 Å². The highest BCUT2D eigenvalue weighted by molar-refractivity contribution is 5.80. The normalized spacial score (nSPS) is 11.6. The van der Waals surface area contributed by atoms with Crippen molar-refractivity contribution in [2.24, 2.45) is 0 Å². The van der Waals surface area contributed by atoms with Gasteiger partial charge in [-0.05, 0) is 35.9 Å². The molecule has 0 amide bonds. The summed E-state index contributed by atoms with van der Waals surface area (Å²) in [4.78, 5) is 8.66. The quantitative estimate of drug-likeness (QED) is 0.652. The topological polar surface area (TPSA) is 25.8 Å². The number of para-hydroxylation sites is 1. The minimum atomic E-state index is 0.953. The molecule has 0 aliphatic rings. The number of hydrogen-bond acceptors (Lipinski definition) is 2. The van der Waals surface area contributed by atoms with E-state index >= 15 is 0 Å². The molecule has 2 nitrogen and oxygen atoms in total. The summed E-state index contributed by atoms with van der Waals surface area (Å²) in [6.45, 7) is 0. The minimum absolute atomic E-state index is 0.953. The van der Waals surface area contributed by atoms with Crippen molar-refractivity contribution in [1.29, 1.82) is 0 Å². The molecule has 0 aliphatic heterocycles. The second kappa shape index (κ2) is 5.93. The second-order valence-corrected chi connectivity index (χ2v) is 4.43. The van der Waals surface area contributed by atoms with E-state index in [0.717, 1.165) is 22.2 Å². The molecule has 96 valence electrons. The van der Waals surface area contributed by atoms with Crippen molar-refractivity contribution in [3.8, 4) is 0 Å². The average molecular weight is 258 g/mol. The molecule has 0 atom stereocenters. The predicted molar refractivity (Wildman–Crippen MR) is 84.0 cm³/mol.